The Morgan fingerprint density at radius 2 is 1.91 bits per heavy atom. The van der Waals surface area contributed by atoms with Crippen LogP contribution in [0.1, 0.15) is 77.7 Å². The van der Waals surface area contributed by atoms with Gasteiger partial charge in [-0.05, 0) is 73.9 Å². The Morgan fingerprint density at radius 3 is 2.70 bits per heavy atom. The van der Waals surface area contributed by atoms with Gasteiger partial charge in [0.15, 0.2) is 11.5 Å². The van der Waals surface area contributed by atoms with E-state index in [1.165, 1.54) is 5.56 Å². The van der Waals surface area contributed by atoms with E-state index in [4.69, 9.17) is 9.47 Å². The second-order valence-electron chi connectivity index (χ2n) is 12.6. The van der Waals surface area contributed by atoms with Crippen molar-refractivity contribution in [3.63, 3.8) is 0 Å². The molecule has 3 amide bonds. The van der Waals surface area contributed by atoms with Crippen molar-refractivity contribution in [1.29, 1.82) is 0 Å². The standard InChI is InChI=1S/C35H44N6O5/c1-39-30(20-29(38-39)25-10-11-25)35(44)40-16-6-15-37-34(43)28-23-41(33(42)9-4-3-7-24-8-5-14-36-21-24)22-27(28)26-12-13-31(45-2)32(19-26)46-18-17-40/h5,8,12-14,19-21,25,27-28H,3-4,6-7,9-11,15-18,22-23H2,1-2H3,(H,37,43)/t27-,28+/m1/s1. The monoisotopic (exact) mass is 628 g/mol. The van der Waals surface area contributed by atoms with Crippen molar-refractivity contribution in [2.75, 3.05) is 46.4 Å². The normalized spacial score (nSPS) is 20.3. The molecule has 11 nitrogen and oxygen atoms in total. The molecule has 2 atom stereocenters. The molecular formula is C35H44N6O5. The van der Waals surface area contributed by atoms with Gasteiger partial charge in [0.05, 0.1) is 25.3 Å². The lowest BCUT2D eigenvalue weighted by Gasteiger charge is -2.25. The fourth-order valence-corrected chi connectivity index (χ4v) is 6.58. The molecule has 3 aliphatic rings. The summed E-state index contributed by atoms with van der Waals surface area (Å²) in [6.07, 6.45) is 9.46. The quantitative estimate of drug-likeness (QED) is 0.378. The highest BCUT2D eigenvalue weighted by molar-refractivity contribution is 5.92. The van der Waals surface area contributed by atoms with Crippen LogP contribution in [0.5, 0.6) is 11.5 Å². The number of nitrogens with one attached hydrogen (secondary N) is 1. The van der Waals surface area contributed by atoms with Crippen LogP contribution in [0.2, 0.25) is 0 Å². The maximum Gasteiger partial charge on any atom is 0.272 e. The number of benzene rings is 1. The zero-order valence-corrected chi connectivity index (χ0v) is 26.8. The first kappa shape index (κ1) is 31.6. The summed E-state index contributed by atoms with van der Waals surface area (Å²) in [6.45, 7) is 2.39. The number of ether oxygens (including phenoxy) is 2. The number of carbonyl (C=O) groups is 3. The molecule has 0 radical (unpaired) electrons. The number of hydrogen-bond acceptors (Lipinski definition) is 7. The maximum atomic E-state index is 13.7. The number of hydrogen-bond donors (Lipinski definition) is 1. The van der Waals surface area contributed by atoms with E-state index in [1.54, 1.807) is 22.9 Å². The van der Waals surface area contributed by atoms with Crippen LogP contribution in [0.3, 0.4) is 0 Å². The summed E-state index contributed by atoms with van der Waals surface area (Å²) in [6, 6.07) is 11.6. The Labute approximate surface area is 270 Å². The smallest absolute Gasteiger partial charge is 0.272 e. The molecular weight excluding hydrogens is 584 g/mol. The van der Waals surface area contributed by atoms with E-state index >= 15 is 0 Å². The highest BCUT2D eigenvalue weighted by atomic mass is 16.5. The molecule has 1 aromatic carbocycles. The predicted molar refractivity (Wildman–Crippen MR) is 172 cm³/mol. The Balaban J connectivity index is 1.14. The summed E-state index contributed by atoms with van der Waals surface area (Å²) in [4.78, 5) is 48.4. The highest BCUT2D eigenvalue weighted by Gasteiger charge is 2.40. The van der Waals surface area contributed by atoms with Crippen LogP contribution < -0.4 is 14.8 Å². The zero-order valence-electron chi connectivity index (χ0n) is 26.8. The van der Waals surface area contributed by atoms with Gasteiger partial charge in [0, 0.05) is 63.9 Å². The number of pyridine rings is 1. The third kappa shape index (κ3) is 7.35. The average molecular weight is 629 g/mol. The predicted octanol–water partition coefficient (Wildman–Crippen LogP) is 3.70. The van der Waals surface area contributed by atoms with Crippen LogP contribution in [0.15, 0.2) is 48.8 Å². The van der Waals surface area contributed by atoms with Gasteiger partial charge in [0.2, 0.25) is 11.8 Å². The fourth-order valence-electron chi connectivity index (χ4n) is 6.58. The van der Waals surface area contributed by atoms with Crippen molar-refractivity contribution in [1.82, 2.24) is 29.9 Å². The summed E-state index contributed by atoms with van der Waals surface area (Å²) >= 11 is 0. The fraction of sp³-hybridized carbons (Fsp3) is 0.514. The molecule has 46 heavy (non-hydrogen) atoms. The third-order valence-corrected chi connectivity index (χ3v) is 9.38. The van der Waals surface area contributed by atoms with Gasteiger partial charge in [0.1, 0.15) is 12.3 Å². The number of aromatic nitrogens is 3. The molecule has 2 fully saturated rings. The van der Waals surface area contributed by atoms with E-state index in [2.05, 4.69) is 21.5 Å². The lowest BCUT2D eigenvalue weighted by atomic mass is 9.88. The molecule has 2 aliphatic heterocycles. The molecule has 2 bridgehead atoms. The molecule has 0 spiro atoms. The van der Waals surface area contributed by atoms with Gasteiger partial charge in [-0.15, -0.1) is 0 Å². The van der Waals surface area contributed by atoms with Gasteiger partial charge in [-0.1, -0.05) is 12.1 Å². The van der Waals surface area contributed by atoms with E-state index in [0.29, 0.717) is 68.7 Å². The molecule has 3 aromatic rings. The minimum atomic E-state index is -0.392. The molecule has 1 N–H and O–H groups in total. The van der Waals surface area contributed by atoms with Crippen molar-refractivity contribution in [2.24, 2.45) is 13.0 Å². The minimum absolute atomic E-state index is 0.0727. The second kappa shape index (κ2) is 14.3. The maximum absolute atomic E-state index is 13.7. The van der Waals surface area contributed by atoms with Gasteiger partial charge >= 0.3 is 0 Å². The Hall–Kier alpha value is -4.41. The number of nitrogens with zero attached hydrogens (tertiary/aromatic N) is 5. The lowest BCUT2D eigenvalue weighted by molar-refractivity contribution is -0.130. The first-order chi connectivity index (χ1) is 22.4. The van der Waals surface area contributed by atoms with E-state index in [1.807, 2.05) is 48.5 Å². The van der Waals surface area contributed by atoms with Gasteiger partial charge in [-0.25, -0.2) is 0 Å². The van der Waals surface area contributed by atoms with Gasteiger partial charge in [0.25, 0.3) is 5.91 Å². The molecule has 0 unspecified atom stereocenters. The molecule has 6 rings (SSSR count). The average Bonchev–Trinajstić information content (AvgIpc) is 3.70. The van der Waals surface area contributed by atoms with Crippen LogP contribution in [0.25, 0.3) is 0 Å². The van der Waals surface area contributed by atoms with E-state index in [9.17, 15) is 14.4 Å². The van der Waals surface area contributed by atoms with Gasteiger partial charge < -0.3 is 24.6 Å². The van der Waals surface area contributed by atoms with Gasteiger partial charge in [-0.3, -0.25) is 24.0 Å². The molecule has 1 saturated heterocycles. The van der Waals surface area contributed by atoms with E-state index in [-0.39, 0.29) is 30.2 Å². The minimum Gasteiger partial charge on any atom is -0.493 e. The van der Waals surface area contributed by atoms with Crippen LogP contribution in [0, 0.1) is 5.92 Å². The third-order valence-electron chi connectivity index (χ3n) is 9.38. The number of amides is 3. The van der Waals surface area contributed by atoms with Crippen molar-refractivity contribution >= 4 is 17.7 Å². The summed E-state index contributed by atoms with van der Waals surface area (Å²) < 4.78 is 13.5. The summed E-state index contributed by atoms with van der Waals surface area (Å²) in [5.41, 5.74) is 3.63. The molecule has 4 heterocycles. The number of likely N-dealkylation sites (tertiary alicyclic amines) is 1. The largest absolute Gasteiger partial charge is 0.493 e. The summed E-state index contributed by atoms with van der Waals surface area (Å²) in [7, 11) is 3.40. The number of fused-ring (bicyclic) bond motifs is 4. The first-order valence-corrected chi connectivity index (χ1v) is 16.5. The van der Waals surface area contributed by atoms with Crippen LogP contribution in [0.4, 0.5) is 0 Å². The van der Waals surface area contributed by atoms with Crippen LogP contribution >= 0.6 is 0 Å². The van der Waals surface area contributed by atoms with Crippen LogP contribution in [-0.4, -0.2) is 88.7 Å². The van der Waals surface area contributed by atoms with Crippen molar-refractivity contribution < 1.29 is 23.9 Å². The topological polar surface area (TPSA) is 119 Å². The van der Waals surface area contributed by atoms with E-state index < -0.39 is 5.92 Å². The van der Waals surface area contributed by atoms with Crippen molar-refractivity contribution in [3.05, 3.63) is 71.3 Å². The summed E-state index contributed by atoms with van der Waals surface area (Å²) in [5.74, 6) is 0.920. The zero-order chi connectivity index (χ0) is 32.0. The van der Waals surface area contributed by atoms with Crippen molar-refractivity contribution in [3.8, 4) is 11.5 Å². The number of aryl methyl sites for hydroxylation is 2. The number of carbonyl (C=O) groups excluding carboxylic acids is 3. The lowest BCUT2D eigenvalue weighted by Crippen LogP contribution is -2.40. The Bertz CT molecular complexity index is 1540. The SMILES string of the molecule is COc1ccc2cc1OCCN(C(=O)c1cc(C3CC3)nn1C)CCCNC(=O)[C@H]1CN(C(=O)CCCCc3cccnc3)C[C@H]21. The van der Waals surface area contributed by atoms with E-state index in [0.717, 1.165) is 43.4 Å². The Morgan fingerprint density at radius 1 is 1.07 bits per heavy atom. The van der Waals surface area contributed by atoms with Crippen molar-refractivity contribution in [2.45, 2.75) is 56.8 Å². The molecule has 2 aromatic heterocycles. The first-order valence-electron chi connectivity index (χ1n) is 16.5. The summed E-state index contributed by atoms with van der Waals surface area (Å²) in [5, 5.41) is 7.69. The molecule has 1 saturated carbocycles. The van der Waals surface area contributed by atoms with Crippen LogP contribution in [-0.2, 0) is 23.1 Å². The molecule has 1 aliphatic carbocycles. The highest BCUT2D eigenvalue weighted by Crippen LogP contribution is 2.40. The number of unbranched alkanes of at least 4 members (excludes halogenated alkanes) is 1. The Kier molecular flexibility index (Phi) is 9.85. The second-order valence-corrected chi connectivity index (χ2v) is 12.6. The number of rotatable bonds is 8. The molecule has 11 heteroatoms. The van der Waals surface area contributed by atoms with Gasteiger partial charge in [-0.2, -0.15) is 5.10 Å². The molecule has 244 valence electrons. The number of methoxy groups -OCH3 is 1.